The zero-order valence-electron chi connectivity index (χ0n) is 14.3. The van der Waals surface area contributed by atoms with E-state index < -0.39 is 5.97 Å². The van der Waals surface area contributed by atoms with Gasteiger partial charge in [-0.15, -0.1) is 0 Å². The van der Waals surface area contributed by atoms with Gasteiger partial charge >= 0.3 is 5.97 Å². The number of hydrogen-bond acceptors (Lipinski definition) is 4. The molecule has 0 saturated carbocycles. The molecular weight excluding hydrogens is 294 g/mol. The van der Waals surface area contributed by atoms with Gasteiger partial charge in [0.15, 0.2) is 0 Å². The third-order valence-electron chi connectivity index (χ3n) is 5.30. The average Bonchev–Trinajstić information content (AvgIpc) is 3.05. The van der Waals surface area contributed by atoms with E-state index in [4.69, 9.17) is 4.74 Å². The van der Waals surface area contributed by atoms with Crippen LogP contribution < -0.4 is 0 Å². The molecule has 0 radical (unpaired) electrons. The first kappa shape index (κ1) is 16.5. The third-order valence-corrected chi connectivity index (χ3v) is 5.30. The van der Waals surface area contributed by atoms with Crippen molar-refractivity contribution in [3.05, 3.63) is 17.5 Å². The topological polar surface area (TPSA) is 78.5 Å². The number of aliphatic carboxylic acids is 1. The minimum atomic E-state index is -0.672. The lowest BCUT2D eigenvalue weighted by Crippen LogP contribution is -2.40. The number of carboxylic acids is 1. The highest BCUT2D eigenvalue weighted by atomic mass is 16.5. The lowest BCUT2D eigenvalue weighted by atomic mass is 9.72. The number of aromatic nitrogens is 2. The molecule has 2 aliphatic rings. The molecule has 128 valence electrons. The van der Waals surface area contributed by atoms with Crippen LogP contribution in [0, 0.1) is 11.3 Å². The number of hydrogen-bond donors (Lipinski definition) is 2. The zero-order valence-corrected chi connectivity index (χ0v) is 14.3. The monoisotopic (exact) mass is 321 g/mol. The van der Waals surface area contributed by atoms with Gasteiger partial charge in [0.05, 0.1) is 11.6 Å². The third kappa shape index (κ3) is 3.28. The average molecular weight is 321 g/mol. The molecule has 23 heavy (non-hydrogen) atoms. The van der Waals surface area contributed by atoms with Crippen molar-refractivity contribution in [3.63, 3.8) is 0 Å². The van der Waals surface area contributed by atoms with E-state index in [1.807, 2.05) is 0 Å². The second-order valence-electron chi connectivity index (χ2n) is 8.06. The van der Waals surface area contributed by atoms with Crippen molar-refractivity contribution in [2.45, 2.75) is 45.6 Å². The van der Waals surface area contributed by atoms with Gasteiger partial charge < -0.3 is 9.84 Å². The Morgan fingerprint density at radius 2 is 2.17 bits per heavy atom. The van der Waals surface area contributed by atoms with Gasteiger partial charge in [-0.05, 0) is 18.9 Å². The van der Waals surface area contributed by atoms with Gasteiger partial charge in [-0.25, -0.2) is 0 Å². The fourth-order valence-corrected chi connectivity index (χ4v) is 3.88. The number of nitrogens with one attached hydrogen (secondary N) is 1. The lowest BCUT2D eigenvalue weighted by Gasteiger charge is -2.36. The largest absolute Gasteiger partial charge is 0.481 e. The Hall–Kier alpha value is -1.40. The Labute approximate surface area is 137 Å². The molecule has 2 fully saturated rings. The van der Waals surface area contributed by atoms with E-state index in [-0.39, 0.29) is 16.7 Å². The SMILES string of the molecule is CC(C)(C)c1cc(CN2CC(C(=O)O)C3(CCOCC3)C2)[nH]n1. The highest BCUT2D eigenvalue weighted by Crippen LogP contribution is 2.44. The first-order valence-corrected chi connectivity index (χ1v) is 8.38. The molecule has 6 nitrogen and oxygen atoms in total. The zero-order chi connectivity index (χ0) is 16.7. The molecule has 0 bridgehead atoms. The van der Waals surface area contributed by atoms with Crippen LogP contribution in [-0.2, 0) is 21.5 Å². The maximum absolute atomic E-state index is 11.7. The summed E-state index contributed by atoms with van der Waals surface area (Å²) in [6, 6.07) is 2.10. The van der Waals surface area contributed by atoms with Crippen LogP contribution in [-0.4, -0.2) is 52.5 Å². The standard InChI is InChI=1S/C17H27N3O3/c1-16(2,3)14-8-12(18-19-14)9-20-10-13(15(21)22)17(11-20)4-6-23-7-5-17/h8,13H,4-7,9-11H2,1-3H3,(H,18,19)(H,21,22). The molecule has 6 heteroatoms. The van der Waals surface area contributed by atoms with Crippen molar-refractivity contribution in [2.24, 2.45) is 11.3 Å². The van der Waals surface area contributed by atoms with E-state index in [0.717, 1.165) is 37.3 Å². The van der Waals surface area contributed by atoms with E-state index in [1.54, 1.807) is 0 Å². The van der Waals surface area contributed by atoms with E-state index in [1.165, 1.54) is 0 Å². The first-order chi connectivity index (χ1) is 10.8. The number of likely N-dealkylation sites (tertiary alicyclic amines) is 1. The molecule has 0 aromatic carbocycles. The van der Waals surface area contributed by atoms with Crippen molar-refractivity contribution in [3.8, 4) is 0 Å². The molecule has 3 rings (SSSR count). The van der Waals surface area contributed by atoms with Crippen molar-refractivity contribution < 1.29 is 14.6 Å². The van der Waals surface area contributed by atoms with E-state index in [0.29, 0.717) is 19.8 Å². The molecule has 3 heterocycles. The Bertz CT molecular complexity index is 570. The molecule has 1 aromatic heterocycles. The maximum atomic E-state index is 11.7. The predicted octanol–water partition coefficient (Wildman–Crippen LogP) is 2.02. The smallest absolute Gasteiger partial charge is 0.308 e. The van der Waals surface area contributed by atoms with Gasteiger partial charge in [-0.3, -0.25) is 14.8 Å². The summed E-state index contributed by atoms with van der Waals surface area (Å²) in [5, 5.41) is 17.1. The van der Waals surface area contributed by atoms with Crippen LogP contribution in [0.1, 0.15) is 45.0 Å². The summed E-state index contributed by atoms with van der Waals surface area (Å²) in [5.41, 5.74) is 1.99. The molecule has 0 aliphatic carbocycles. The summed E-state index contributed by atoms with van der Waals surface area (Å²) in [5.74, 6) is -0.967. The Morgan fingerprint density at radius 1 is 1.48 bits per heavy atom. The van der Waals surface area contributed by atoms with Gasteiger partial charge in [0.2, 0.25) is 0 Å². The minimum Gasteiger partial charge on any atom is -0.481 e. The Kier molecular flexibility index (Phi) is 4.23. The first-order valence-electron chi connectivity index (χ1n) is 8.38. The summed E-state index contributed by atoms with van der Waals surface area (Å²) in [6.45, 7) is 9.94. The van der Waals surface area contributed by atoms with Crippen LogP contribution >= 0.6 is 0 Å². The lowest BCUT2D eigenvalue weighted by molar-refractivity contribution is -0.147. The summed E-state index contributed by atoms with van der Waals surface area (Å²) in [4.78, 5) is 14.0. The molecule has 2 saturated heterocycles. The van der Waals surface area contributed by atoms with Gasteiger partial charge in [0.25, 0.3) is 0 Å². The summed E-state index contributed by atoms with van der Waals surface area (Å²) in [7, 11) is 0. The number of H-pyrrole nitrogens is 1. The quantitative estimate of drug-likeness (QED) is 0.890. The number of aromatic amines is 1. The van der Waals surface area contributed by atoms with Crippen LogP contribution in [0.2, 0.25) is 0 Å². The molecule has 1 atom stereocenters. The molecular formula is C17H27N3O3. The highest BCUT2D eigenvalue weighted by molar-refractivity contribution is 5.72. The molecule has 2 N–H and O–H groups in total. The van der Waals surface area contributed by atoms with Gasteiger partial charge in [-0.1, -0.05) is 20.8 Å². The van der Waals surface area contributed by atoms with E-state index in [9.17, 15) is 9.90 Å². The minimum absolute atomic E-state index is 0.0191. The molecule has 0 amide bonds. The van der Waals surface area contributed by atoms with Crippen molar-refractivity contribution in [1.29, 1.82) is 0 Å². The van der Waals surface area contributed by atoms with Crippen LogP contribution in [0.5, 0.6) is 0 Å². The summed E-state index contributed by atoms with van der Waals surface area (Å²) >= 11 is 0. The van der Waals surface area contributed by atoms with Crippen molar-refractivity contribution >= 4 is 5.97 Å². The highest BCUT2D eigenvalue weighted by Gasteiger charge is 2.50. The summed E-state index contributed by atoms with van der Waals surface area (Å²) in [6.07, 6.45) is 1.69. The molecule has 1 unspecified atom stereocenters. The Morgan fingerprint density at radius 3 is 2.74 bits per heavy atom. The normalized spacial score (nSPS) is 25.1. The fourth-order valence-electron chi connectivity index (χ4n) is 3.88. The molecule has 2 aliphatic heterocycles. The second kappa shape index (κ2) is 5.91. The van der Waals surface area contributed by atoms with Crippen molar-refractivity contribution in [1.82, 2.24) is 15.1 Å². The number of ether oxygens (including phenoxy) is 1. The van der Waals surface area contributed by atoms with Crippen LogP contribution in [0.4, 0.5) is 0 Å². The number of nitrogens with zero attached hydrogens (tertiary/aromatic N) is 2. The van der Waals surface area contributed by atoms with Crippen LogP contribution in [0.3, 0.4) is 0 Å². The van der Waals surface area contributed by atoms with Gasteiger partial charge in [-0.2, -0.15) is 5.10 Å². The predicted molar refractivity (Wildman–Crippen MR) is 86.2 cm³/mol. The number of carboxylic acid groups (broad SMARTS) is 1. The number of carbonyl (C=O) groups is 1. The molecule has 1 aromatic rings. The van der Waals surface area contributed by atoms with Crippen molar-refractivity contribution in [2.75, 3.05) is 26.3 Å². The van der Waals surface area contributed by atoms with Gasteiger partial charge in [0, 0.05) is 49.4 Å². The van der Waals surface area contributed by atoms with Crippen LogP contribution in [0.15, 0.2) is 6.07 Å². The number of rotatable bonds is 3. The summed E-state index contributed by atoms with van der Waals surface area (Å²) < 4.78 is 5.45. The van der Waals surface area contributed by atoms with Gasteiger partial charge in [0.1, 0.15) is 0 Å². The van der Waals surface area contributed by atoms with E-state index >= 15 is 0 Å². The molecule has 1 spiro atoms. The fraction of sp³-hybridized carbons (Fsp3) is 0.765. The Balaban J connectivity index is 1.72. The van der Waals surface area contributed by atoms with Crippen LogP contribution in [0.25, 0.3) is 0 Å². The maximum Gasteiger partial charge on any atom is 0.308 e. The van der Waals surface area contributed by atoms with E-state index in [2.05, 4.69) is 41.9 Å². The second-order valence-corrected chi connectivity index (χ2v) is 8.06.